The Labute approximate surface area is 145 Å². The first-order valence-corrected chi connectivity index (χ1v) is 9.61. The van der Waals surface area contributed by atoms with Crippen molar-refractivity contribution < 1.29 is 14.3 Å². The first kappa shape index (κ1) is 16.4. The van der Waals surface area contributed by atoms with Gasteiger partial charge in [-0.3, -0.25) is 9.59 Å². The molecule has 6 atom stereocenters. The van der Waals surface area contributed by atoms with Gasteiger partial charge in [-0.15, -0.1) is 0 Å². The van der Waals surface area contributed by atoms with Gasteiger partial charge >= 0.3 is 5.97 Å². The van der Waals surface area contributed by atoms with Gasteiger partial charge in [-0.25, -0.2) is 0 Å². The first-order valence-electron chi connectivity index (χ1n) is 9.61. The molecule has 4 aliphatic rings. The summed E-state index contributed by atoms with van der Waals surface area (Å²) in [6.45, 7) is 8.62. The minimum absolute atomic E-state index is 0.0507. The van der Waals surface area contributed by atoms with Gasteiger partial charge in [0.05, 0.1) is 12.5 Å². The second kappa shape index (κ2) is 4.95. The summed E-state index contributed by atoms with van der Waals surface area (Å²) < 4.78 is 5.20. The van der Waals surface area contributed by atoms with E-state index in [2.05, 4.69) is 20.4 Å². The summed E-state index contributed by atoms with van der Waals surface area (Å²) in [7, 11) is 1.51. The van der Waals surface area contributed by atoms with E-state index in [4.69, 9.17) is 4.74 Å². The maximum atomic E-state index is 13.1. The van der Waals surface area contributed by atoms with Crippen LogP contribution in [-0.4, -0.2) is 18.9 Å². The molecule has 3 nitrogen and oxygen atoms in total. The third-order valence-corrected chi connectivity index (χ3v) is 8.62. The Morgan fingerprint density at radius 3 is 2.58 bits per heavy atom. The molecule has 3 heteroatoms. The van der Waals surface area contributed by atoms with Gasteiger partial charge in [0.1, 0.15) is 0 Å². The van der Waals surface area contributed by atoms with Crippen LogP contribution < -0.4 is 0 Å². The number of hydrogen-bond donors (Lipinski definition) is 0. The second-order valence-corrected chi connectivity index (χ2v) is 9.40. The highest BCUT2D eigenvalue weighted by Gasteiger charge is 2.68. The number of esters is 1. The monoisotopic (exact) mass is 330 g/mol. The lowest BCUT2D eigenvalue weighted by atomic mass is 9.41. The molecule has 0 saturated heterocycles. The number of fused-ring (bicyclic) bond motifs is 3. The SMILES string of the molecule is C=C1C(=O)[C@@]23CC[C@H]4[C@@](C)(CCC[C@@]4(C)C(=O)OC)[C@@H]2CC[C@@H]1C3. The van der Waals surface area contributed by atoms with Crippen LogP contribution in [0.15, 0.2) is 12.2 Å². The second-order valence-electron chi connectivity index (χ2n) is 9.40. The first-order chi connectivity index (χ1) is 11.3. The van der Waals surface area contributed by atoms with Gasteiger partial charge < -0.3 is 4.74 Å². The fraction of sp³-hybridized carbons (Fsp3) is 0.810. The van der Waals surface area contributed by atoms with E-state index in [1.165, 1.54) is 7.11 Å². The van der Waals surface area contributed by atoms with E-state index in [-0.39, 0.29) is 16.8 Å². The fourth-order valence-corrected chi connectivity index (χ4v) is 7.59. The summed E-state index contributed by atoms with van der Waals surface area (Å²) in [4.78, 5) is 25.7. The molecule has 0 unspecified atom stereocenters. The molecule has 0 amide bonds. The summed E-state index contributed by atoms with van der Waals surface area (Å²) in [5.41, 5.74) is 0.412. The van der Waals surface area contributed by atoms with Crippen molar-refractivity contribution in [2.75, 3.05) is 7.11 Å². The Bertz CT molecular complexity index is 623. The van der Waals surface area contributed by atoms with Crippen molar-refractivity contribution in [3.05, 3.63) is 12.2 Å². The minimum Gasteiger partial charge on any atom is -0.469 e. The molecular formula is C21H30O3. The van der Waals surface area contributed by atoms with Crippen LogP contribution in [0.25, 0.3) is 0 Å². The zero-order valence-electron chi connectivity index (χ0n) is 15.3. The van der Waals surface area contributed by atoms with Crippen LogP contribution in [0.4, 0.5) is 0 Å². The number of carbonyl (C=O) groups is 2. The number of rotatable bonds is 1. The topological polar surface area (TPSA) is 43.4 Å². The number of carbonyl (C=O) groups excluding carboxylic acids is 2. The average Bonchev–Trinajstić information content (AvgIpc) is 2.74. The molecule has 0 aromatic carbocycles. The number of ketones is 1. The summed E-state index contributed by atoms with van der Waals surface area (Å²) in [5.74, 6) is 1.48. The molecule has 2 bridgehead atoms. The van der Waals surface area contributed by atoms with Gasteiger partial charge in [0.2, 0.25) is 0 Å². The van der Waals surface area contributed by atoms with Crippen LogP contribution in [0, 0.1) is 34.0 Å². The Balaban J connectivity index is 1.77. The molecule has 0 N–H and O–H groups in total. The fourth-order valence-electron chi connectivity index (χ4n) is 7.59. The van der Waals surface area contributed by atoms with E-state index < -0.39 is 5.41 Å². The quantitative estimate of drug-likeness (QED) is 0.531. The molecule has 4 fully saturated rings. The Kier molecular flexibility index (Phi) is 3.38. The van der Waals surface area contributed by atoms with Crippen LogP contribution in [0.3, 0.4) is 0 Å². The predicted octanol–water partition coefficient (Wildman–Crippen LogP) is 4.31. The number of Topliss-reactive ketones (excluding diaryl/α,β-unsaturated/α-hetero) is 1. The standard InChI is InChI=1S/C21H30O3/c1-13-14-6-7-16-19(2)9-5-10-20(3,18(23)24-4)15(19)8-11-21(16,12-14)17(13)22/h14-16H,1,5-12H2,2-4H3/t14-,15+,16+,19-,20-,21-/m1/s1. The van der Waals surface area contributed by atoms with Gasteiger partial charge in [0, 0.05) is 5.41 Å². The zero-order valence-corrected chi connectivity index (χ0v) is 15.3. The molecule has 4 aliphatic carbocycles. The van der Waals surface area contributed by atoms with Crippen LogP contribution in [0.1, 0.15) is 65.2 Å². The number of allylic oxidation sites excluding steroid dienone is 1. The molecule has 1 spiro atoms. The lowest BCUT2D eigenvalue weighted by Gasteiger charge is -2.62. The van der Waals surface area contributed by atoms with Crippen LogP contribution >= 0.6 is 0 Å². The lowest BCUT2D eigenvalue weighted by Crippen LogP contribution is -2.59. The normalized spacial score (nSPS) is 50.2. The maximum absolute atomic E-state index is 13.1. The van der Waals surface area contributed by atoms with Crippen LogP contribution in [-0.2, 0) is 14.3 Å². The summed E-state index contributed by atoms with van der Waals surface area (Å²) in [5, 5.41) is 0. The van der Waals surface area contributed by atoms with Crippen molar-refractivity contribution in [1.82, 2.24) is 0 Å². The maximum Gasteiger partial charge on any atom is 0.311 e. The largest absolute Gasteiger partial charge is 0.469 e. The summed E-state index contributed by atoms with van der Waals surface area (Å²) in [6.07, 6.45) is 8.29. The highest BCUT2D eigenvalue weighted by molar-refractivity contribution is 6.03. The van der Waals surface area contributed by atoms with E-state index in [1.807, 2.05) is 0 Å². The van der Waals surface area contributed by atoms with E-state index in [1.54, 1.807) is 0 Å². The summed E-state index contributed by atoms with van der Waals surface area (Å²) in [6, 6.07) is 0. The third kappa shape index (κ3) is 1.74. The van der Waals surface area contributed by atoms with Gasteiger partial charge in [-0.05, 0) is 80.6 Å². The highest BCUT2D eigenvalue weighted by Crippen LogP contribution is 2.71. The van der Waals surface area contributed by atoms with Gasteiger partial charge in [-0.2, -0.15) is 0 Å². The Morgan fingerprint density at radius 2 is 1.88 bits per heavy atom. The molecule has 0 aromatic rings. The van der Waals surface area contributed by atoms with Crippen molar-refractivity contribution in [2.45, 2.75) is 65.2 Å². The minimum atomic E-state index is -0.390. The molecule has 0 heterocycles. The van der Waals surface area contributed by atoms with Crippen molar-refractivity contribution in [2.24, 2.45) is 34.0 Å². The molecule has 4 saturated carbocycles. The molecule has 24 heavy (non-hydrogen) atoms. The Morgan fingerprint density at radius 1 is 1.12 bits per heavy atom. The van der Waals surface area contributed by atoms with Crippen LogP contribution in [0.5, 0.6) is 0 Å². The molecule has 132 valence electrons. The van der Waals surface area contributed by atoms with Crippen molar-refractivity contribution in [3.63, 3.8) is 0 Å². The van der Waals surface area contributed by atoms with E-state index in [9.17, 15) is 9.59 Å². The zero-order chi connectivity index (χ0) is 17.3. The number of methoxy groups -OCH3 is 1. The Hall–Kier alpha value is -1.12. The smallest absolute Gasteiger partial charge is 0.311 e. The summed E-state index contributed by atoms with van der Waals surface area (Å²) >= 11 is 0. The average molecular weight is 330 g/mol. The third-order valence-electron chi connectivity index (χ3n) is 8.62. The molecule has 0 aliphatic heterocycles. The highest BCUT2D eigenvalue weighted by atomic mass is 16.5. The molecule has 0 aromatic heterocycles. The van der Waals surface area contributed by atoms with Crippen LogP contribution in [0.2, 0.25) is 0 Å². The lowest BCUT2D eigenvalue weighted by molar-refractivity contribution is -0.184. The van der Waals surface area contributed by atoms with Crippen molar-refractivity contribution in [3.8, 4) is 0 Å². The van der Waals surface area contributed by atoms with Crippen molar-refractivity contribution >= 4 is 11.8 Å². The molecule has 4 rings (SSSR count). The molecule has 0 radical (unpaired) electrons. The van der Waals surface area contributed by atoms with Crippen molar-refractivity contribution in [1.29, 1.82) is 0 Å². The van der Waals surface area contributed by atoms with Gasteiger partial charge in [0.15, 0.2) is 5.78 Å². The molecular weight excluding hydrogens is 300 g/mol. The number of ether oxygens (including phenoxy) is 1. The van der Waals surface area contributed by atoms with E-state index in [0.29, 0.717) is 23.5 Å². The van der Waals surface area contributed by atoms with E-state index in [0.717, 1.165) is 56.9 Å². The van der Waals surface area contributed by atoms with E-state index >= 15 is 0 Å². The number of hydrogen-bond acceptors (Lipinski definition) is 3. The van der Waals surface area contributed by atoms with Gasteiger partial charge in [-0.1, -0.05) is 19.9 Å². The van der Waals surface area contributed by atoms with Gasteiger partial charge in [0.25, 0.3) is 0 Å². The predicted molar refractivity (Wildman–Crippen MR) is 92.2 cm³/mol.